The maximum atomic E-state index is 5.31. The lowest BCUT2D eigenvalue weighted by atomic mass is 10.0. The first-order valence-electron chi connectivity index (χ1n) is 22.5. The Balaban J connectivity index is 1.07. The van der Waals surface area contributed by atoms with E-state index in [9.17, 15) is 0 Å². The lowest BCUT2D eigenvalue weighted by molar-refractivity contribution is 1.06. The average Bonchev–Trinajstić information content (AvgIpc) is 3.97. The van der Waals surface area contributed by atoms with Crippen LogP contribution >= 0.6 is 11.3 Å². The topological polar surface area (TPSA) is 82.3 Å². The van der Waals surface area contributed by atoms with Crippen molar-refractivity contribution in [2.45, 2.75) is 0 Å². The molecule has 13 rings (SSSR count). The van der Waals surface area contributed by atoms with Crippen LogP contribution in [-0.2, 0) is 0 Å². The summed E-state index contributed by atoms with van der Waals surface area (Å²) >= 11 is 1.85. The molecule has 0 saturated carbocycles. The molecule has 0 N–H and O–H groups in total. The predicted molar refractivity (Wildman–Crippen MR) is 278 cm³/mol. The van der Waals surface area contributed by atoms with E-state index in [1.165, 1.54) is 31.3 Å². The number of fused-ring (bicyclic) bond motifs is 6. The summed E-state index contributed by atoms with van der Waals surface area (Å²) in [6.07, 6.45) is 0. The lowest BCUT2D eigenvalue weighted by Gasteiger charge is -2.16. The van der Waals surface area contributed by atoms with Crippen LogP contribution in [0.15, 0.2) is 224 Å². The molecule has 7 nitrogen and oxygen atoms in total. The van der Waals surface area contributed by atoms with Crippen LogP contribution in [0.4, 0.5) is 0 Å². The van der Waals surface area contributed by atoms with Gasteiger partial charge < -0.3 is 4.57 Å². The Labute approximate surface area is 395 Å². The third kappa shape index (κ3) is 6.90. The van der Waals surface area contributed by atoms with E-state index >= 15 is 0 Å². The smallest absolute Gasteiger partial charge is 0.166 e. The van der Waals surface area contributed by atoms with Crippen LogP contribution in [0.2, 0.25) is 0 Å². The van der Waals surface area contributed by atoms with E-state index in [2.05, 4.69) is 108 Å². The Morgan fingerprint density at radius 3 is 1.32 bits per heavy atom. The van der Waals surface area contributed by atoms with Gasteiger partial charge >= 0.3 is 0 Å². The number of thiophene rings is 1. The van der Waals surface area contributed by atoms with Crippen molar-refractivity contribution in [2.75, 3.05) is 0 Å². The molecule has 0 aliphatic rings. The second-order valence-corrected chi connectivity index (χ2v) is 17.7. The van der Waals surface area contributed by atoms with Gasteiger partial charge in [0.1, 0.15) is 0 Å². The normalized spacial score (nSPS) is 11.5. The molecule has 0 fully saturated rings. The van der Waals surface area contributed by atoms with Gasteiger partial charge in [-0.05, 0) is 53.6 Å². The van der Waals surface area contributed by atoms with Gasteiger partial charge in [0.15, 0.2) is 34.9 Å². The molecular weight excluding hydrogens is 851 g/mol. The van der Waals surface area contributed by atoms with Crippen LogP contribution in [0.25, 0.3) is 127 Å². The molecule has 4 heterocycles. The number of hydrogen-bond acceptors (Lipinski definition) is 7. The number of nitrogens with zero attached hydrogens (tertiary/aromatic N) is 7. The first-order valence-corrected chi connectivity index (χ1v) is 23.3. The van der Waals surface area contributed by atoms with Gasteiger partial charge in [0.2, 0.25) is 0 Å². The lowest BCUT2D eigenvalue weighted by Crippen LogP contribution is -2.05. The summed E-state index contributed by atoms with van der Waals surface area (Å²) in [7, 11) is 0. The Morgan fingerprint density at radius 2 is 0.735 bits per heavy atom. The summed E-state index contributed by atoms with van der Waals surface area (Å²) in [5.74, 6) is 3.38. The monoisotopic (exact) mass is 887 g/mol. The second kappa shape index (κ2) is 16.5. The fourth-order valence-electron chi connectivity index (χ4n) is 9.29. The van der Waals surface area contributed by atoms with Gasteiger partial charge in [-0.2, -0.15) is 0 Å². The third-order valence-corrected chi connectivity index (χ3v) is 13.7. The van der Waals surface area contributed by atoms with E-state index < -0.39 is 0 Å². The molecule has 0 bridgehead atoms. The van der Waals surface area contributed by atoms with Gasteiger partial charge in [-0.25, -0.2) is 29.9 Å². The third-order valence-electron chi connectivity index (χ3n) is 12.5. The number of rotatable bonds is 8. The van der Waals surface area contributed by atoms with Crippen molar-refractivity contribution in [3.8, 4) is 85.1 Å². The number of para-hydroxylation sites is 1. The summed E-state index contributed by atoms with van der Waals surface area (Å²) < 4.78 is 4.93. The molecule has 9 aromatic carbocycles. The van der Waals surface area contributed by atoms with Crippen LogP contribution in [0.3, 0.4) is 0 Å². The maximum Gasteiger partial charge on any atom is 0.166 e. The van der Waals surface area contributed by atoms with Crippen molar-refractivity contribution in [3.05, 3.63) is 224 Å². The molecule has 0 aliphatic heterocycles. The predicted octanol–water partition coefficient (Wildman–Crippen LogP) is 15.2. The minimum atomic E-state index is 0.522. The molecule has 4 aromatic heterocycles. The zero-order valence-corrected chi connectivity index (χ0v) is 37.2. The summed E-state index contributed by atoms with van der Waals surface area (Å²) in [6, 6.07) is 77.6. The number of hydrogen-bond donors (Lipinski definition) is 0. The number of benzene rings is 9. The van der Waals surface area contributed by atoms with E-state index in [4.69, 9.17) is 29.9 Å². The van der Waals surface area contributed by atoms with Gasteiger partial charge in [0, 0.05) is 64.3 Å². The highest BCUT2D eigenvalue weighted by molar-refractivity contribution is 7.26. The van der Waals surface area contributed by atoms with Gasteiger partial charge in [-0.15, -0.1) is 11.3 Å². The summed E-state index contributed by atoms with van der Waals surface area (Å²) in [5.41, 5.74) is 10.6. The minimum absolute atomic E-state index is 0.522. The molecule has 0 saturated heterocycles. The van der Waals surface area contributed by atoms with Gasteiger partial charge in [-0.3, -0.25) is 0 Å². The second-order valence-electron chi connectivity index (χ2n) is 16.7. The highest BCUT2D eigenvalue weighted by atomic mass is 32.1. The Hall–Kier alpha value is -8.98. The van der Waals surface area contributed by atoms with E-state index in [0.717, 1.165) is 60.9 Å². The Morgan fingerprint density at radius 1 is 0.279 bits per heavy atom. The Kier molecular flexibility index (Phi) is 9.54. The molecule has 8 heteroatoms. The summed E-state index contributed by atoms with van der Waals surface area (Å²) in [5, 5.41) is 4.86. The van der Waals surface area contributed by atoms with Crippen molar-refractivity contribution in [2.24, 2.45) is 0 Å². The zero-order chi connectivity index (χ0) is 45.0. The average molecular weight is 888 g/mol. The van der Waals surface area contributed by atoms with Crippen LogP contribution in [-0.4, -0.2) is 34.5 Å². The first kappa shape index (κ1) is 39.4. The zero-order valence-electron chi connectivity index (χ0n) is 36.4. The van der Waals surface area contributed by atoms with Gasteiger partial charge in [0.05, 0.1) is 16.7 Å². The molecule has 0 spiro atoms. The summed E-state index contributed by atoms with van der Waals surface area (Å²) in [4.78, 5) is 31.0. The molecule has 0 unspecified atom stereocenters. The van der Waals surface area contributed by atoms with Gasteiger partial charge in [0.25, 0.3) is 0 Å². The highest BCUT2D eigenvalue weighted by Crippen LogP contribution is 2.43. The van der Waals surface area contributed by atoms with Crippen molar-refractivity contribution in [1.29, 1.82) is 0 Å². The van der Waals surface area contributed by atoms with E-state index in [1.807, 2.05) is 133 Å². The van der Waals surface area contributed by atoms with Crippen molar-refractivity contribution in [3.63, 3.8) is 0 Å². The molecule has 0 amide bonds. The summed E-state index contributed by atoms with van der Waals surface area (Å²) in [6.45, 7) is 0. The van der Waals surface area contributed by atoms with Crippen molar-refractivity contribution in [1.82, 2.24) is 34.5 Å². The molecule has 68 heavy (non-hydrogen) atoms. The van der Waals surface area contributed by atoms with Crippen molar-refractivity contribution >= 4 is 53.3 Å². The Bertz CT molecular complexity index is 3900. The molecule has 0 radical (unpaired) electrons. The molecule has 0 aliphatic carbocycles. The minimum Gasteiger partial charge on any atom is -0.309 e. The standard InChI is InChI=1S/C60H37N7S/c1-5-18-38(19-6-1)55-61-56(39-20-7-2-8-21-39)64-59(63-55)43-33-35-52(49(37-43)60-65-57(40-22-9-3-10-23-40)62-58(66-60)41-24-11-4-12-25-41)67-50-30-15-13-26-45(50)48-36-42(32-34-51(48)67)44-28-17-29-47-46-27-14-16-31-53(46)68-54(44)47/h1-37H. The number of aromatic nitrogens is 7. The van der Waals surface area contributed by atoms with Crippen LogP contribution in [0.1, 0.15) is 0 Å². The van der Waals surface area contributed by atoms with Crippen LogP contribution in [0, 0.1) is 0 Å². The van der Waals surface area contributed by atoms with Crippen molar-refractivity contribution < 1.29 is 0 Å². The molecule has 318 valence electrons. The van der Waals surface area contributed by atoms with E-state index in [-0.39, 0.29) is 0 Å². The fourth-order valence-corrected chi connectivity index (χ4v) is 10.5. The maximum absolute atomic E-state index is 5.31. The highest BCUT2D eigenvalue weighted by Gasteiger charge is 2.23. The quantitative estimate of drug-likeness (QED) is 0.151. The van der Waals surface area contributed by atoms with E-state index in [0.29, 0.717) is 34.9 Å². The molecular formula is C60H37N7S. The van der Waals surface area contributed by atoms with E-state index in [1.54, 1.807) is 0 Å². The van der Waals surface area contributed by atoms with Gasteiger partial charge in [-0.1, -0.05) is 182 Å². The van der Waals surface area contributed by atoms with Crippen LogP contribution in [0.5, 0.6) is 0 Å². The van der Waals surface area contributed by atoms with Crippen LogP contribution < -0.4 is 0 Å². The first-order chi connectivity index (χ1) is 33.7. The largest absolute Gasteiger partial charge is 0.309 e. The SMILES string of the molecule is c1ccc(-c2nc(-c3ccccc3)nc(-c3ccc(-n4c5ccccc5c5cc(-c6cccc7c6sc6ccccc67)ccc54)c(-c4nc(-c5ccccc5)nc(-c5ccccc5)n4)c3)n2)cc1. The molecule has 0 atom stereocenters. The molecule has 13 aromatic rings. The fraction of sp³-hybridized carbons (Fsp3) is 0.